The third-order valence-electron chi connectivity index (χ3n) is 19.0. The summed E-state index contributed by atoms with van der Waals surface area (Å²) >= 11 is 0. The van der Waals surface area contributed by atoms with Gasteiger partial charge in [0.2, 0.25) is 0 Å². The second kappa shape index (κ2) is 12.5. The Morgan fingerprint density at radius 2 is 0.868 bits per heavy atom. The smallest absolute Gasteiger partial charge is 0.0162 e. The highest BCUT2D eigenvalue weighted by Gasteiger charge is 2.53. The van der Waals surface area contributed by atoms with Crippen LogP contribution in [0.25, 0.3) is 60.9 Å². The molecule has 334 valence electrons. The van der Waals surface area contributed by atoms with Gasteiger partial charge in [0.05, 0.1) is 0 Å². The number of hydrogen-bond donors (Lipinski definition) is 0. The molecule has 0 aromatic heterocycles. The molecule has 0 N–H and O–H groups in total. The van der Waals surface area contributed by atoms with Crippen LogP contribution in [0.3, 0.4) is 0 Å². The minimum atomic E-state index is -0.229. The van der Waals surface area contributed by atoms with Gasteiger partial charge in [0.1, 0.15) is 0 Å². The molecule has 0 heterocycles. The Morgan fingerprint density at radius 3 is 1.54 bits per heavy atom. The third-order valence-corrected chi connectivity index (χ3v) is 19.0. The summed E-state index contributed by atoms with van der Waals surface area (Å²) in [5, 5.41) is 2.91. The molecule has 2 bridgehead atoms. The van der Waals surface area contributed by atoms with Crippen LogP contribution in [0.2, 0.25) is 0 Å². The zero-order valence-electron chi connectivity index (χ0n) is 42.1. The van der Waals surface area contributed by atoms with Gasteiger partial charge < -0.3 is 0 Å². The fraction of sp³-hybridized carbons (Fsp3) is 0.294. The Kier molecular flexibility index (Phi) is 7.50. The van der Waals surface area contributed by atoms with Crippen molar-refractivity contribution in [3.8, 4) is 44.5 Å². The number of allylic oxidation sites excluding steroid dienone is 1. The summed E-state index contributed by atoms with van der Waals surface area (Å²) in [5.74, 6) is 0. The summed E-state index contributed by atoms with van der Waals surface area (Å²) in [5.41, 5.74) is 34.2. The fourth-order valence-corrected chi connectivity index (χ4v) is 15.5. The first-order chi connectivity index (χ1) is 32.3. The predicted molar refractivity (Wildman–Crippen MR) is 287 cm³/mol. The summed E-state index contributed by atoms with van der Waals surface area (Å²) in [7, 11) is 0. The van der Waals surface area contributed by atoms with Crippen molar-refractivity contribution in [3.05, 3.63) is 217 Å². The monoisotopic (exact) mass is 878 g/mol. The Morgan fingerprint density at radius 1 is 0.338 bits per heavy atom. The van der Waals surface area contributed by atoms with E-state index < -0.39 is 0 Å². The lowest BCUT2D eigenvalue weighted by atomic mass is 9.63. The van der Waals surface area contributed by atoms with E-state index in [0.717, 1.165) is 12.8 Å². The van der Waals surface area contributed by atoms with Crippen molar-refractivity contribution in [1.29, 1.82) is 0 Å². The van der Waals surface area contributed by atoms with Crippen LogP contribution >= 0.6 is 0 Å². The second-order valence-corrected chi connectivity index (χ2v) is 24.9. The average molecular weight is 879 g/mol. The molecule has 0 aliphatic heterocycles. The highest BCUT2D eigenvalue weighted by Crippen LogP contribution is 2.68. The summed E-state index contributed by atoms with van der Waals surface area (Å²) in [6.45, 7) is 30.3. The van der Waals surface area contributed by atoms with Gasteiger partial charge in [-0.25, -0.2) is 0 Å². The van der Waals surface area contributed by atoms with Gasteiger partial charge in [-0.15, -0.1) is 0 Å². The van der Waals surface area contributed by atoms with Crippen LogP contribution in [0.1, 0.15) is 167 Å². The molecule has 8 aromatic carbocycles. The largest absolute Gasteiger partial charge is 0.0622 e. The molecule has 0 unspecified atom stereocenters. The normalized spacial score (nSPS) is 19.7. The second-order valence-electron chi connectivity index (χ2n) is 24.9. The van der Waals surface area contributed by atoms with E-state index in [1.807, 2.05) is 0 Å². The van der Waals surface area contributed by atoms with E-state index in [1.165, 1.54) is 122 Å². The number of fused-ring (bicyclic) bond motifs is 8. The Balaban J connectivity index is 1.03. The van der Waals surface area contributed by atoms with Crippen LogP contribution in [-0.4, -0.2) is 0 Å². The van der Waals surface area contributed by atoms with Gasteiger partial charge >= 0.3 is 0 Å². The maximum absolute atomic E-state index is 2.72. The number of hydrogen-bond acceptors (Lipinski definition) is 0. The summed E-state index contributed by atoms with van der Waals surface area (Å²) in [4.78, 5) is 0. The molecule has 8 aromatic rings. The molecule has 0 radical (unpaired) electrons. The van der Waals surface area contributed by atoms with Gasteiger partial charge in [0.25, 0.3) is 0 Å². The molecule has 14 rings (SSSR count). The zero-order chi connectivity index (χ0) is 47.0. The molecule has 6 aliphatic carbocycles. The maximum Gasteiger partial charge on any atom is 0.0162 e. The van der Waals surface area contributed by atoms with Crippen molar-refractivity contribution in [3.63, 3.8) is 0 Å². The highest BCUT2D eigenvalue weighted by molar-refractivity contribution is 6.17. The molecule has 0 spiro atoms. The van der Waals surface area contributed by atoms with Crippen molar-refractivity contribution >= 4 is 16.3 Å². The molecular weight excluding hydrogens is 817 g/mol. The van der Waals surface area contributed by atoms with Gasteiger partial charge in [-0.05, 0) is 187 Å². The summed E-state index contributed by atoms with van der Waals surface area (Å²) < 4.78 is 0. The molecular formula is C68H62. The maximum atomic E-state index is 2.72. The van der Waals surface area contributed by atoms with Crippen LogP contribution in [-0.2, 0) is 38.9 Å². The van der Waals surface area contributed by atoms with E-state index in [0.29, 0.717) is 0 Å². The minimum absolute atomic E-state index is 0.105. The molecule has 0 saturated heterocycles. The SMILES string of the molecule is CC1(C)CC2=C(c3cc4c(cc3C2(C)C)-c2c(c3c5c6c(cccc26)C(C)(C)c2cc(-c6ccccc6)cc(c2-5)C3(C)C)C4(C)C)c2cccc3c2Cc2c1cc(-c1ccccc1)cc2C3(C)C. The zero-order valence-corrected chi connectivity index (χ0v) is 42.1. The quantitative estimate of drug-likeness (QED) is 0.162. The van der Waals surface area contributed by atoms with Gasteiger partial charge in [0.15, 0.2) is 0 Å². The standard InChI is InChI=1S/C68H62/c1-63(2)36-55-56(41-25-19-27-47-43(41)33-44-49(63)29-39(30-50(44)64(47,3)4)37-21-15-13-16-22-37)45-34-52-46(35-51(45)66(55,7)8)57-42-26-20-28-48-58(42)60-59-53(65(48,5)6)31-40(38-23-17-14-18-24-38)32-54(59)68(11,12)62(60)61(57)67(52,9)10/h13-32,34-35H,33,36H2,1-12H3. The topological polar surface area (TPSA) is 0 Å². The van der Waals surface area contributed by atoms with E-state index in [1.54, 1.807) is 22.3 Å². The van der Waals surface area contributed by atoms with Gasteiger partial charge in [-0.2, -0.15) is 0 Å². The summed E-state index contributed by atoms with van der Waals surface area (Å²) in [6, 6.07) is 52.4. The molecule has 0 heteroatoms. The van der Waals surface area contributed by atoms with Crippen molar-refractivity contribution < 1.29 is 0 Å². The van der Waals surface area contributed by atoms with Gasteiger partial charge in [-0.3, -0.25) is 0 Å². The first-order valence-electron chi connectivity index (χ1n) is 25.4. The lowest BCUT2D eigenvalue weighted by Crippen LogP contribution is -2.31. The van der Waals surface area contributed by atoms with Crippen LogP contribution < -0.4 is 0 Å². The molecule has 68 heavy (non-hydrogen) atoms. The van der Waals surface area contributed by atoms with Crippen molar-refractivity contribution in [2.24, 2.45) is 0 Å². The van der Waals surface area contributed by atoms with Crippen LogP contribution in [0.4, 0.5) is 0 Å². The first kappa shape index (κ1) is 40.8. The Bertz CT molecular complexity index is 3690. The molecule has 0 saturated carbocycles. The molecule has 0 fully saturated rings. The Labute approximate surface area is 404 Å². The molecule has 0 atom stereocenters. The van der Waals surface area contributed by atoms with E-state index in [4.69, 9.17) is 0 Å². The fourth-order valence-electron chi connectivity index (χ4n) is 15.5. The lowest BCUT2D eigenvalue weighted by molar-refractivity contribution is 0.470. The van der Waals surface area contributed by atoms with Gasteiger partial charge in [0, 0.05) is 27.1 Å². The van der Waals surface area contributed by atoms with Crippen LogP contribution in [0.15, 0.2) is 139 Å². The molecule has 6 aliphatic rings. The lowest BCUT2D eigenvalue weighted by Gasteiger charge is -2.40. The van der Waals surface area contributed by atoms with Crippen molar-refractivity contribution in [2.45, 2.75) is 128 Å². The van der Waals surface area contributed by atoms with Crippen molar-refractivity contribution in [1.82, 2.24) is 0 Å². The minimum Gasteiger partial charge on any atom is -0.0622 e. The molecule has 0 nitrogen and oxygen atoms in total. The van der Waals surface area contributed by atoms with Gasteiger partial charge in [-0.1, -0.05) is 192 Å². The van der Waals surface area contributed by atoms with E-state index in [9.17, 15) is 0 Å². The third kappa shape index (κ3) is 4.73. The number of rotatable bonds is 2. The van der Waals surface area contributed by atoms with E-state index in [-0.39, 0.29) is 32.5 Å². The first-order valence-corrected chi connectivity index (χ1v) is 25.4. The van der Waals surface area contributed by atoms with E-state index in [2.05, 4.69) is 217 Å². The molecule has 0 amide bonds. The predicted octanol–water partition coefficient (Wildman–Crippen LogP) is 17.4. The van der Waals surface area contributed by atoms with Crippen LogP contribution in [0, 0.1) is 0 Å². The van der Waals surface area contributed by atoms with E-state index >= 15 is 0 Å². The average Bonchev–Trinajstić information content (AvgIpc) is 3.79. The number of benzene rings is 8. The van der Waals surface area contributed by atoms with Crippen LogP contribution in [0.5, 0.6) is 0 Å². The Hall–Kier alpha value is -6.24. The summed E-state index contributed by atoms with van der Waals surface area (Å²) in [6.07, 6.45) is 1.96. The highest BCUT2D eigenvalue weighted by atomic mass is 14.6. The van der Waals surface area contributed by atoms with Crippen molar-refractivity contribution in [2.75, 3.05) is 0 Å².